The molecule has 0 saturated carbocycles. The molecule has 1 amide bonds. The van der Waals surface area contributed by atoms with Crippen molar-refractivity contribution in [2.24, 2.45) is 5.92 Å². The highest BCUT2D eigenvalue weighted by molar-refractivity contribution is 7.91. The van der Waals surface area contributed by atoms with Crippen molar-refractivity contribution in [3.8, 4) is 0 Å². The van der Waals surface area contributed by atoms with Crippen molar-refractivity contribution in [2.45, 2.75) is 37.4 Å². The first kappa shape index (κ1) is 24.5. The van der Waals surface area contributed by atoms with E-state index in [1.54, 1.807) is 23.3 Å². The van der Waals surface area contributed by atoms with Gasteiger partial charge in [0, 0.05) is 13.1 Å². The van der Waals surface area contributed by atoms with Gasteiger partial charge in [-0.1, -0.05) is 29.0 Å². The number of sulfonamides is 1. The fourth-order valence-electron chi connectivity index (χ4n) is 4.27. The van der Waals surface area contributed by atoms with Crippen molar-refractivity contribution in [3.05, 3.63) is 63.9 Å². The van der Waals surface area contributed by atoms with Crippen molar-refractivity contribution in [2.75, 3.05) is 18.0 Å². The molecule has 0 N–H and O–H groups in total. The van der Waals surface area contributed by atoms with Gasteiger partial charge in [-0.25, -0.2) is 13.4 Å². The van der Waals surface area contributed by atoms with Crippen LogP contribution in [-0.4, -0.2) is 36.7 Å². The van der Waals surface area contributed by atoms with Gasteiger partial charge >= 0.3 is 0 Å². The number of carbonyl (C=O) groups is 1. The summed E-state index contributed by atoms with van der Waals surface area (Å²) in [7, 11) is -3.71. The molecule has 1 aliphatic rings. The molecule has 7 nitrogen and oxygen atoms in total. The summed E-state index contributed by atoms with van der Waals surface area (Å²) < 4.78 is 34.9. The third-order valence-corrected chi connectivity index (χ3v) is 10.9. The number of furan rings is 1. The number of carbonyl (C=O) groups excluding carboxylic acids is 1. The lowest BCUT2D eigenvalue weighted by atomic mass is 9.98. The summed E-state index contributed by atoms with van der Waals surface area (Å²) in [6, 6.07) is 10.8. The molecule has 1 fully saturated rings. The Morgan fingerprint density at radius 1 is 1.23 bits per heavy atom. The minimum Gasteiger partial charge on any atom is -0.467 e. The van der Waals surface area contributed by atoms with Crippen molar-refractivity contribution < 1.29 is 17.6 Å². The number of aromatic nitrogens is 1. The van der Waals surface area contributed by atoms with Crippen LogP contribution in [0.3, 0.4) is 0 Å². The highest BCUT2D eigenvalue weighted by Gasteiger charge is 2.37. The highest BCUT2D eigenvalue weighted by atomic mass is 35.5. The van der Waals surface area contributed by atoms with E-state index >= 15 is 0 Å². The molecule has 1 saturated heterocycles. The number of anilines is 1. The molecular weight excluding hydrogens is 526 g/mol. The number of halogens is 1. The van der Waals surface area contributed by atoms with Crippen LogP contribution in [-0.2, 0) is 21.4 Å². The Morgan fingerprint density at radius 3 is 2.77 bits per heavy atom. The Balaban J connectivity index is 1.46. The van der Waals surface area contributed by atoms with Crippen LogP contribution in [0, 0.1) is 19.8 Å². The van der Waals surface area contributed by atoms with E-state index in [2.05, 4.69) is 6.07 Å². The van der Waals surface area contributed by atoms with Gasteiger partial charge in [0.25, 0.3) is 10.0 Å². The predicted molar refractivity (Wildman–Crippen MR) is 140 cm³/mol. The van der Waals surface area contributed by atoms with Crippen LogP contribution in [0.15, 0.2) is 51.3 Å². The molecule has 11 heteroatoms. The largest absolute Gasteiger partial charge is 0.467 e. The number of hydrogen-bond donors (Lipinski definition) is 0. The maximum atomic E-state index is 13.9. The van der Waals surface area contributed by atoms with Crippen LogP contribution in [0.2, 0.25) is 4.34 Å². The van der Waals surface area contributed by atoms with Crippen molar-refractivity contribution in [1.82, 2.24) is 9.29 Å². The minimum absolute atomic E-state index is 0.119. The number of thiazole rings is 1. The standard InChI is InChI=1S/C24H24ClN3O4S3/c1-15-7-8-19-22(16(15)2)26-24(33-19)28(14-18-6-4-12-32-18)23(29)17-5-3-11-27(13-17)35(30,31)21-10-9-20(25)34-21/h4,6-10,12,17H,3,5,11,13-14H2,1-2H3. The average molecular weight is 550 g/mol. The Labute approximate surface area is 217 Å². The number of hydrogen-bond acceptors (Lipinski definition) is 7. The van der Waals surface area contributed by atoms with E-state index in [-0.39, 0.29) is 23.2 Å². The third kappa shape index (κ3) is 4.77. The van der Waals surface area contributed by atoms with Crippen molar-refractivity contribution >= 4 is 65.6 Å². The molecule has 0 radical (unpaired) electrons. The van der Waals surface area contributed by atoms with Crippen LogP contribution >= 0.6 is 34.3 Å². The zero-order valence-electron chi connectivity index (χ0n) is 19.2. The SMILES string of the molecule is Cc1ccc2sc(N(Cc3ccco3)C(=O)C3CCCN(S(=O)(=O)c4ccc(Cl)s4)C3)nc2c1C. The molecular formula is C24H24ClN3O4S3. The monoisotopic (exact) mass is 549 g/mol. The number of nitrogens with zero attached hydrogens (tertiary/aromatic N) is 3. The predicted octanol–water partition coefficient (Wildman–Crippen LogP) is 5.86. The summed E-state index contributed by atoms with van der Waals surface area (Å²) >= 11 is 8.46. The highest BCUT2D eigenvalue weighted by Crippen LogP contribution is 2.35. The maximum Gasteiger partial charge on any atom is 0.252 e. The smallest absolute Gasteiger partial charge is 0.252 e. The normalized spacial score (nSPS) is 17.2. The van der Waals surface area contributed by atoms with Gasteiger partial charge in [-0.05, 0) is 68.1 Å². The van der Waals surface area contributed by atoms with Gasteiger partial charge < -0.3 is 4.42 Å². The lowest BCUT2D eigenvalue weighted by molar-refractivity contribution is -0.123. The topological polar surface area (TPSA) is 83.7 Å². The number of benzene rings is 1. The van der Waals surface area contributed by atoms with Gasteiger partial charge in [-0.15, -0.1) is 11.3 Å². The van der Waals surface area contributed by atoms with Gasteiger partial charge in [0.05, 0.1) is 33.3 Å². The number of piperidine rings is 1. The second-order valence-corrected chi connectivity index (χ2v) is 13.5. The molecule has 1 unspecified atom stereocenters. The number of thiophene rings is 1. The zero-order valence-corrected chi connectivity index (χ0v) is 22.4. The second-order valence-electron chi connectivity index (χ2n) is 8.62. The van der Waals surface area contributed by atoms with Crippen LogP contribution in [0.5, 0.6) is 0 Å². The van der Waals surface area contributed by atoms with E-state index < -0.39 is 15.9 Å². The summed E-state index contributed by atoms with van der Waals surface area (Å²) in [6.07, 6.45) is 2.78. The summed E-state index contributed by atoms with van der Waals surface area (Å²) in [4.78, 5) is 20.3. The Morgan fingerprint density at radius 2 is 2.06 bits per heavy atom. The van der Waals surface area contributed by atoms with Gasteiger partial charge in [0.1, 0.15) is 9.97 Å². The van der Waals surface area contributed by atoms with Crippen LogP contribution in [0.25, 0.3) is 10.2 Å². The lowest BCUT2D eigenvalue weighted by Gasteiger charge is -2.33. The number of rotatable bonds is 6. The molecule has 1 atom stereocenters. The van der Waals surface area contributed by atoms with E-state index in [1.165, 1.54) is 21.7 Å². The van der Waals surface area contributed by atoms with Crippen LogP contribution in [0.4, 0.5) is 5.13 Å². The Bertz CT molecular complexity index is 1480. The van der Waals surface area contributed by atoms with Gasteiger partial charge in [-0.3, -0.25) is 9.69 Å². The first-order valence-electron chi connectivity index (χ1n) is 11.2. The van der Waals surface area contributed by atoms with E-state index in [0.29, 0.717) is 34.6 Å². The van der Waals surface area contributed by atoms with E-state index in [1.807, 2.05) is 26.0 Å². The summed E-state index contributed by atoms with van der Waals surface area (Å²) in [6.45, 7) is 4.79. The second kappa shape index (κ2) is 9.67. The molecule has 4 heterocycles. The molecule has 0 bridgehead atoms. The quantitative estimate of drug-likeness (QED) is 0.301. The molecule has 35 heavy (non-hydrogen) atoms. The third-order valence-electron chi connectivity index (χ3n) is 6.34. The Hall–Kier alpha value is -2.24. The lowest BCUT2D eigenvalue weighted by Crippen LogP contribution is -2.46. The summed E-state index contributed by atoms with van der Waals surface area (Å²) in [5.41, 5.74) is 3.10. The summed E-state index contributed by atoms with van der Waals surface area (Å²) in [5, 5.41) is 0.583. The number of aryl methyl sites for hydroxylation is 2. The molecule has 1 aliphatic heterocycles. The van der Waals surface area contributed by atoms with Crippen molar-refractivity contribution in [1.29, 1.82) is 0 Å². The molecule has 4 aromatic rings. The molecule has 0 aliphatic carbocycles. The van der Waals surface area contributed by atoms with Crippen LogP contribution in [0.1, 0.15) is 29.7 Å². The average Bonchev–Trinajstić information content (AvgIpc) is 3.61. The number of fused-ring (bicyclic) bond motifs is 1. The fourth-order valence-corrected chi connectivity index (χ4v) is 8.46. The van der Waals surface area contributed by atoms with Crippen LogP contribution < -0.4 is 4.90 Å². The summed E-state index contributed by atoms with van der Waals surface area (Å²) in [5.74, 6) is -0.00303. The van der Waals surface area contributed by atoms with E-state index in [0.717, 1.165) is 32.7 Å². The zero-order chi connectivity index (χ0) is 24.7. The maximum absolute atomic E-state index is 13.9. The van der Waals surface area contributed by atoms with Gasteiger partial charge in [0.15, 0.2) is 5.13 Å². The molecule has 184 valence electrons. The van der Waals surface area contributed by atoms with Gasteiger partial charge in [-0.2, -0.15) is 4.31 Å². The molecule has 3 aromatic heterocycles. The molecule has 5 rings (SSSR count). The van der Waals surface area contributed by atoms with E-state index in [4.69, 9.17) is 21.0 Å². The first-order valence-corrected chi connectivity index (χ1v) is 14.6. The first-order chi connectivity index (χ1) is 16.7. The van der Waals surface area contributed by atoms with E-state index in [9.17, 15) is 13.2 Å². The number of amides is 1. The Kier molecular flexibility index (Phi) is 6.75. The van der Waals surface area contributed by atoms with Crippen molar-refractivity contribution in [3.63, 3.8) is 0 Å². The van der Waals surface area contributed by atoms with Gasteiger partial charge in [0.2, 0.25) is 5.91 Å². The fraction of sp³-hybridized carbons (Fsp3) is 0.333. The minimum atomic E-state index is -3.71. The molecule has 1 aromatic carbocycles. The molecule has 0 spiro atoms.